The van der Waals surface area contributed by atoms with Crippen molar-refractivity contribution in [2.75, 3.05) is 13.7 Å². The lowest BCUT2D eigenvalue weighted by molar-refractivity contribution is -0.161. The van der Waals surface area contributed by atoms with Gasteiger partial charge in [0.2, 0.25) is 5.91 Å². The topological polar surface area (TPSA) is 66.8 Å². The van der Waals surface area contributed by atoms with Crippen molar-refractivity contribution < 1.29 is 32.6 Å². The van der Waals surface area contributed by atoms with Crippen molar-refractivity contribution in [3.05, 3.63) is 53.1 Å². The highest BCUT2D eigenvalue weighted by Gasteiger charge is 2.32. The van der Waals surface area contributed by atoms with Crippen LogP contribution in [0.3, 0.4) is 0 Å². The molecule has 0 aliphatic carbocycles. The number of ether oxygens (including phenoxy) is 1. The van der Waals surface area contributed by atoms with E-state index < -0.39 is 24.6 Å². The summed E-state index contributed by atoms with van der Waals surface area (Å²) in [7, 11) is 1.45. The SMILES string of the molecule is COc1ccc(CC(=O)O)cc1-c1ccc(C)cc1CN(CC(F)(F)F)C(C)=O. The van der Waals surface area contributed by atoms with E-state index in [0.717, 1.165) is 17.4 Å². The predicted molar refractivity (Wildman–Crippen MR) is 102 cm³/mol. The predicted octanol–water partition coefficient (Wildman–Crippen LogP) is 4.21. The average molecular weight is 409 g/mol. The van der Waals surface area contributed by atoms with Gasteiger partial charge in [-0.3, -0.25) is 9.59 Å². The third-order valence-electron chi connectivity index (χ3n) is 4.35. The van der Waals surface area contributed by atoms with Crippen LogP contribution in [-0.4, -0.2) is 41.7 Å². The van der Waals surface area contributed by atoms with Crippen LogP contribution in [0.1, 0.15) is 23.6 Å². The van der Waals surface area contributed by atoms with Crippen molar-refractivity contribution in [3.63, 3.8) is 0 Å². The number of hydrogen-bond donors (Lipinski definition) is 1. The summed E-state index contributed by atoms with van der Waals surface area (Å²) in [6.45, 7) is 1.30. The number of rotatable bonds is 7. The second-order valence-corrected chi connectivity index (χ2v) is 6.76. The molecule has 2 aromatic carbocycles. The normalized spacial score (nSPS) is 11.2. The number of hydrogen-bond acceptors (Lipinski definition) is 3. The van der Waals surface area contributed by atoms with Gasteiger partial charge in [-0.25, -0.2) is 0 Å². The first kappa shape index (κ1) is 22.3. The minimum Gasteiger partial charge on any atom is -0.496 e. The number of nitrogens with zero attached hydrogens (tertiary/aromatic N) is 1. The number of methoxy groups -OCH3 is 1. The van der Waals surface area contributed by atoms with E-state index in [4.69, 9.17) is 9.84 Å². The zero-order valence-corrected chi connectivity index (χ0v) is 16.3. The van der Waals surface area contributed by atoms with Crippen molar-refractivity contribution in [2.24, 2.45) is 0 Å². The summed E-state index contributed by atoms with van der Waals surface area (Å²) >= 11 is 0. The molecule has 0 saturated carbocycles. The first-order valence-corrected chi connectivity index (χ1v) is 8.81. The number of carbonyl (C=O) groups is 2. The lowest BCUT2D eigenvalue weighted by atomic mass is 9.94. The Morgan fingerprint density at radius 1 is 1.10 bits per heavy atom. The fourth-order valence-electron chi connectivity index (χ4n) is 3.07. The highest BCUT2D eigenvalue weighted by atomic mass is 19.4. The average Bonchev–Trinajstić information content (AvgIpc) is 2.59. The van der Waals surface area contributed by atoms with Crippen LogP contribution in [0.2, 0.25) is 0 Å². The number of halogens is 3. The quantitative estimate of drug-likeness (QED) is 0.744. The molecule has 8 heteroatoms. The van der Waals surface area contributed by atoms with Gasteiger partial charge in [0.05, 0.1) is 13.5 Å². The van der Waals surface area contributed by atoms with E-state index in [1.54, 1.807) is 43.3 Å². The largest absolute Gasteiger partial charge is 0.496 e. The smallest absolute Gasteiger partial charge is 0.406 e. The van der Waals surface area contributed by atoms with Crippen molar-refractivity contribution in [1.29, 1.82) is 0 Å². The fourth-order valence-corrected chi connectivity index (χ4v) is 3.07. The Bertz CT molecular complexity index is 909. The molecule has 1 N–H and O–H groups in total. The van der Waals surface area contributed by atoms with Gasteiger partial charge in [-0.1, -0.05) is 29.8 Å². The molecule has 156 valence electrons. The summed E-state index contributed by atoms with van der Waals surface area (Å²) in [5.74, 6) is -1.24. The number of aliphatic carboxylic acids is 1. The number of carboxylic acids is 1. The lowest BCUT2D eigenvalue weighted by Crippen LogP contribution is -2.37. The number of carbonyl (C=O) groups excluding carboxylic acids is 1. The Balaban J connectivity index is 2.55. The molecule has 0 spiro atoms. The van der Waals surface area contributed by atoms with Gasteiger partial charge >= 0.3 is 12.1 Å². The molecule has 0 unspecified atom stereocenters. The molecular formula is C21H22F3NO4. The summed E-state index contributed by atoms with van der Waals surface area (Å²) in [6.07, 6.45) is -4.72. The van der Waals surface area contributed by atoms with Crippen molar-refractivity contribution in [1.82, 2.24) is 4.90 Å². The molecule has 0 radical (unpaired) electrons. The van der Waals surface area contributed by atoms with E-state index in [2.05, 4.69) is 0 Å². The van der Waals surface area contributed by atoms with Gasteiger partial charge in [-0.2, -0.15) is 13.2 Å². The molecule has 0 aliphatic heterocycles. The van der Waals surface area contributed by atoms with Crippen LogP contribution < -0.4 is 4.74 Å². The highest BCUT2D eigenvalue weighted by molar-refractivity contribution is 5.78. The number of alkyl halides is 3. The molecule has 2 rings (SSSR count). The van der Waals surface area contributed by atoms with E-state index in [-0.39, 0.29) is 13.0 Å². The van der Waals surface area contributed by atoms with E-state index in [0.29, 0.717) is 28.0 Å². The Kier molecular flexibility index (Phi) is 6.89. The molecule has 0 aromatic heterocycles. The Hall–Kier alpha value is -3.03. The van der Waals surface area contributed by atoms with Gasteiger partial charge in [0, 0.05) is 19.0 Å². The number of amides is 1. The fraction of sp³-hybridized carbons (Fsp3) is 0.333. The summed E-state index contributed by atoms with van der Waals surface area (Å²) < 4.78 is 44.1. The van der Waals surface area contributed by atoms with Crippen LogP contribution in [0.4, 0.5) is 13.2 Å². The van der Waals surface area contributed by atoms with Crippen LogP contribution in [0.5, 0.6) is 5.75 Å². The van der Waals surface area contributed by atoms with Gasteiger partial charge in [-0.15, -0.1) is 0 Å². The Morgan fingerprint density at radius 3 is 2.34 bits per heavy atom. The van der Waals surface area contributed by atoms with Crippen LogP contribution in [0.25, 0.3) is 11.1 Å². The number of benzene rings is 2. The maximum absolute atomic E-state index is 12.9. The lowest BCUT2D eigenvalue weighted by Gasteiger charge is -2.24. The molecule has 0 aliphatic rings. The molecule has 1 amide bonds. The Morgan fingerprint density at radius 2 is 1.79 bits per heavy atom. The molecule has 0 atom stereocenters. The van der Waals surface area contributed by atoms with Gasteiger partial charge < -0.3 is 14.7 Å². The molecular weight excluding hydrogens is 387 g/mol. The number of aryl methyl sites for hydroxylation is 1. The maximum Gasteiger partial charge on any atom is 0.406 e. The van der Waals surface area contributed by atoms with Crippen LogP contribution in [-0.2, 0) is 22.6 Å². The van der Waals surface area contributed by atoms with E-state index >= 15 is 0 Å². The third kappa shape index (κ3) is 6.23. The van der Waals surface area contributed by atoms with E-state index in [1.807, 2.05) is 0 Å². The summed E-state index contributed by atoms with van der Waals surface area (Å²) in [5, 5.41) is 9.05. The molecule has 0 saturated heterocycles. The van der Waals surface area contributed by atoms with Crippen LogP contribution in [0.15, 0.2) is 36.4 Å². The minimum absolute atomic E-state index is 0.203. The zero-order chi connectivity index (χ0) is 21.8. The molecule has 2 aromatic rings. The highest BCUT2D eigenvalue weighted by Crippen LogP contribution is 2.35. The zero-order valence-electron chi connectivity index (χ0n) is 16.3. The molecule has 0 heterocycles. The summed E-state index contributed by atoms with van der Waals surface area (Å²) in [6, 6.07) is 10.1. The molecule has 5 nitrogen and oxygen atoms in total. The van der Waals surface area contributed by atoms with E-state index in [1.165, 1.54) is 7.11 Å². The van der Waals surface area contributed by atoms with Gasteiger partial charge in [0.1, 0.15) is 12.3 Å². The first-order valence-electron chi connectivity index (χ1n) is 8.81. The monoisotopic (exact) mass is 409 g/mol. The minimum atomic E-state index is -4.52. The second-order valence-electron chi connectivity index (χ2n) is 6.76. The van der Waals surface area contributed by atoms with Gasteiger partial charge in [-0.05, 0) is 35.7 Å². The van der Waals surface area contributed by atoms with Crippen molar-refractivity contribution >= 4 is 11.9 Å². The van der Waals surface area contributed by atoms with E-state index in [9.17, 15) is 22.8 Å². The second kappa shape index (κ2) is 8.98. The third-order valence-corrected chi connectivity index (χ3v) is 4.35. The summed E-state index contributed by atoms with van der Waals surface area (Å²) in [4.78, 5) is 23.6. The van der Waals surface area contributed by atoms with Crippen molar-refractivity contribution in [2.45, 2.75) is 33.0 Å². The molecule has 29 heavy (non-hydrogen) atoms. The standard InChI is InChI=1S/C21H22F3NO4/c1-13-4-6-17(16(8-13)11-25(14(2)26)12-21(22,23)24)18-9-15(10-20(27)28)5-7-19(18)29-3/h4-9H,10-12H2,1-3H3,(H,27,28). The Labute approximate surface area is 166 Å². The molecule has 0 bridgehead atoms. The molecule has 0 fully saturated rings. The summed E-state index contributed by atoms with van der Waals surface area (Å²) in [5.41, 5.74) is 2.98. The first-order chi connectivity index (χ1) is 13.5. The van der Waals surface area contributed by atoms with Gasteiger partial charge in [0.25, 0.3) is 0 Å². The van der Waals surface area contributed by atoms with Crippen molar-refractivity contribution in [3.8, 4) is 16.9 Å². The maximum atomic E-state index is 12.9. The van der Waals surface area contributed by atoms with Crippen LogP contribution in [0, 0.1) is 6.92 Å². The number of carboxylic acid groups (broad SMARTS) is 1. The van der Waals surface area contributed by atoms with Crippen LogP contribution >= 0.6 is 0 Å². The van der Waals surface area contributed by atoms with Gasteiger partial charge in [0.15, 0.2) is 0 Å².